The second kappa shape index (κ2) is 8.61. The number of hydrogen-bond donors (Lipinski definition) is 1. The lowest BCUT2D eigenvalue weighted by atomic mass is 9.93. The van der Waals surface area contributed by atoms with Gasteiger partial charge in [-0.15, -0.1) is 0 Å². The Labute approximate surface area is 172 Å². The summed E-state index contributed by atoms with van der Waals surface area (Å²) in [6.45, 7) is 5.27. The van der Waals surface area contributed by atoms with Crippen LogP contribution in [0.25, 0.3) is 0 Å². The van der Waals surface area contributed by atoms with Gasteiger partial charge in [-0.3, -0.25) is 4.90 Å². The zero-order valence-electron chi connectivity index (χ0n) is 17.3. The number of nitrogens with zero attached hydrogens (tertiary/aromatic N) is 2. The van der Waals surface area contributed by atoms with Crippen molar-refractivity contribution in [2.24, 2.45) is 0 Å². The highest BCUT2D eigenvalue weighted by Gasteiger charge is 2.37. The van der Waals surface area contributed by atoms with E-state index in [0.29, 0.717) is 13.1 Å². The van der Waals surface area contributed by atoms with E-state index in [-0.39, 0.29) is 0 Å². The fourth-order valence-corrected chi connectivity index (χ4v) is 4.35. The average molecular weight is 399 g/mol. The number of anilines is 1. The third-order valence-electron chi connectivity index (χ3n) is 5.97. The molecule has 0 bridgehead atoms. The summed E-state index contributed by atoms with van der Waals surface area (Å²) in [7, 11) is 3.41. The topological polar surface area (TPSA) is 54.4 Å². The second-order valence-corrected chi connectivity index (χ2v) is 7.79. The van der Waals surface area contributed by atoms with Crippen LogP contribution in [0.5, 0.6) is 11.5 Å². The summed E-state index contributed by atoms with van der Waals surface area (Å²) < 4.78 is 16.9. The van der Waals surface area contributed by atoms with Gasteiger partial charge in [0.2, 0.25) is 0 Å². The van der Waals surface area contributed by atoms with Gasteiger partial charge in [0.1, 0.15) is 17.1 Å². The average Bonchev–Trinajstić information content (AvgIpc) is 3.16. The molecule has 6 heteroatoms. The Kier molecular flexibility index (Phi) is 5.94. The molecule has 2 aromatic carbocycles. The van der Waals surface area contributed by atoms with Gasteiger partial charge in [0.15, 0.2) is 0 Å². The molecule has 29 heavy (non-hydrogen) atoms. The molecule has 0 aliphatic carbocycles. The van der Waals surface area contributed by atoms with Gasteiger partial charge in [-0.05, 0) is 18.1 Å². The fraction of sp³-hybridized carbons (Fsp3) is 0.478. The highest BCUT2D eigenvalue weighted by molar-refractivity contribution is 5.64. The minimum absolute atomic E-state index is 0.605. The van der Waals surface area contributed by atoms with Crippen molar-refractivity contribution in [2.45, 2.75) is 18.6 Å². The first kappa shape index (κ1) is 20.0. The lowest BCUT2D eigenvalue weighted by molar-refractivity contribution is 0.0452. The van der Waals surface area contributed by atoms with Gasteiger partial charge in [0.25, 0.3) is 0 Å². The molecule has 2 fully saturated rings. The van der Waals surface area contributed by atoms with Crippen molar-refractivity contribution in [3.8, 4) is 11.5 Å². The van der Waals surface area contributed by atoms with Crippen LogP contribution in [-0.4, -0.2) is 63.6 Å². The van der Waals surface area contributed by atoms with E-state index in [1.54, 1.807) is 14.2 Å². The first-order chi connectivity index (χ1) is 14.1. The molecule has 0 saturated carbocycles. The highest BCUT2D eigenvalue weighted by Crippen LogP contribution is 2.38. The Morgan fingerprint density at radius 3 is 2.41 bits per heavy atom. The maximum atomic E-state index is 11.1. The lowest BCUT2D eigenvalue weighted by Crippen LogP contribution is -2.36. The molecular weight excluding hydrogens is 368 g/mol. The molecule has 1 N–H and O–H groups in total. The normalized spacial score (nSPS) is 22.7. The van der Waals surface area contributed by atoms with Crippen molar-refractivity contribution in [3.63, 3.8) is 0 Å². The van der Waals surface area contributed by atoms with Gasteiger partial charge in [0.05, 0.1) is 33.1 Å². The molecule has 2 heterocycles. The predicted octanol–water partition coefficient (Wildman–Crippen LogP) is 2.63. The van der Waals surface area contributed by atoms with Crippen LogP contribution in [0.15, 0.2) is 42.5 Å². The largest absolute Gasteiger partial charge is 0.496 e. The molecule has 156 valence electrons. The maximum Gasteiger partial charge on any atom is 0.142 e. The second-order valence-electron chi connectivity index (χ2n) is 7.79. The zero-order chi connectivity index (χ0) is 20.3. The van der Waals surface area contributed by atoms with Gasteiger partial charge in [-0.1, -0.05) is 30.3 Å². The molecule has 6 nitrogen and oxygen atoms in total. The van der Waals surface area contributed by atoms with Crippen molar-refractivity contribution in [3.05, 3.63) is 53.6 Å². The first-order valence-electron chi connectivity index (χ1n) is 10.2. The van der Waals surface area contributed by atoms with Crippen molar-refractivity contribution >= 4 is 5.69 Å². The summed E-state index contributed by atoms with van der Waals surface area (Å²) in [6, 6.07) is 14.1. The molecule has 0 unspecified atom stereocenters. The number of methoxy groups -OCH3 is 2. The summed E-state index contributed by atoms with van der Waals surface area (Å²) in [4.78, 5) is 4.55. The van der Waals surface area contributed by atoms with E-state index in [9.17, 15) is 5.11 Å². The van der Waals surface area contributed by atoms with Crippen molar-refractivity contribution in [1.82, 2.24) is 4.90 Å². The van der Waals surface area contributed by atoms with Crippen LogP contribution < -0.4 is 14.4 Å². The SMILES string of the molecule is COc1cc(N2CCOCC2)c(OC)cc1CN1CC[C@@](O)(c2ccccc2)C1. The van der Waals surface area contributed by atoms with E-state index in [2.05, 4.69) is 21.9 Å². The summed E-state index contributed by atoms with van der Waals surface area (Å²) in [5.74, 6) is 1.70. The third-order valence-corrected chi connectivity index (χ3v) is 5.97. The molecular formula is C23H30N2O4. The third kappa shape index (κ3) is 4.20. The minimum atomic E-state index is -0.799. The fourth-order valence-electron chi connectivity index (χ4n) is 4.35. The Hall–Kier alpha value is -2.28. The van der Waals surface area contributed by atoms with Gasteiger partial charge in [-0.25, -0.2) is 0 Å². The van der Waals surface area contributed by atoms with Gasteiger partial charge < -0.3 is 24.2 Å². The van der Waals surface area contributed by atoms with Crippen molar-refractivity contribution in [1.29, 1.82) is 0 Å². The molecule has 1 atom stereocenters. The highest BCUT2D eigenvalue weighted by atomic mass is 16.5. The molecule has 2 aliphatic rings. The predicted molar refractivity (Wildman–Crippen MR) is 113 cm³/mol. The number of β-amino-alcohol motifs (C(OH)–C–C–N with tert-alkyl or cyclic N) is 1. The molecule has 2 aliphatic heterocycles. The number of ether oxygens (including phenoxy) is 3. The van der Waals surface area contributed by atoms with Crippen molar-refractivity contribution < 1.29 is 19.3 Å². The van der Waals surface area contributed by atoms with E-state index < -0.39 is 5.60 Å². The van der Waals surface area contributed by atoms with Gasteiger partial charge >= 0.3 is 0 Å². The van der Waals surface area contributed by atoms with Crippen LogP contribution >= 0.6 is 0 Å². The summed E-state index contributed by atoms with van der Waals surface area (Å²) in [6.07, 6.45) is 0.725. The molecule has 0 amide bonds. The van der Waals surface area contributed by atoms with Gasteiger partial charge in [-0.2, -0.15) is 0 Å². The van der Waals surface area contributed by atoms with Crippen LogP contribution in [0.2, 0.25) is 0 Å². The first-order valence-corrected chi connectivity index (χ1v) is 10.2. The van der Waals surface area contributed by atoms with E-state index >= 15 is 0 Å². The van der Waals surface area contributed by atoms with Crippen LogP contribution in [0.4, 0.5) is 5.69 Å². The molecule has 2 saturated heterocycles. The molecule has 4 rings (SSSR count). The zero-order valence-corrected chi connectivity index (χ0v) is 17.3. The number of benzene rings is 2. The Morgan fingerprint density at radius 1 is 1.00 bits per heavy atom. The molecule has 0 radical (unpaired) electrons. The number of hydrogen-bond acceptors (Lipinski definition) is 6. The summed E-state index contributed by atoms with van der Waals surface area (Å²) in [5, 5.41) is 11.1. The Balaban J connectivity index is 1.54. The van der Waals surface area contributed by atoms with Crippen LogP contribution in [0.1, 0.15) is 17.5 Å². The van der Waals surface area contributed by atoms with E-state index in [4.69, 9.17) is 14.2 Å². The number of rotatable bonds is 6. The van der Waals surface area contributed by atoms with Crippen molar-refractivity contribution in [2.75, 3.05) is 58.5 Å². The van der Waals surface area contributed by atoms with E-state index in [1.807, 2.05) is 30.3 Å². The Bertz CT molecular complexity index is 823. The molecule has 0 spiro atoms. The lowest BCUT2D eigenvalue weighted by Gasteiger charge is -2.31. The summed E-state index contributed by atoms with van der Waals surface area (Å²) >= 11 is 0. The summed E-state index contributed by atoms with van der Waals surface area (Å²) in [5.41, 5.74) is 2.29. The number of morpholine rings is 1. The monoisotopic (exact) mass is 398 g/mol. The molecule has 2 aromatic rings. The molecule has 0 aromatic heterocycles. The number of likely N-dealkylation sites (tertiary alicyclic amines) is 1. The van der Waals surface area contributed by atoms with Crippen LogP contribution in [0.3, 0.4) is 0 Å². The quantitative estimate of drug-likeness (QED) is 0.807. The smallest absolute Gasteiger partial charge is 0.142 e. The van der Waals surface area contributed by atoms with Crippen LogP contribution in [-0.2, 0) is 16.9 Å². The number of aliphatic hydroxyl groups is 1. The Morgan fingerprint density at radius 2 is 1.72 bits per heavy atom. The van der Waals surface area contributed by atoms with Gasteiger partial charge in [0, 0.05) is 44.4 Å². The van der Waals surface area contributed by atoms with E-state index in [1.165, 1.54) is 0 Å². The maximum absolute atomic E-state index is 11.1. The van der Waals surface area contributed by atoms with Crippen LogP contribution in [0, 0.1) is 0 Å². The standard InChI is InChI=1S/C23H30N2O4/c1-27-21-15-20(25-10-12-29-13-11-25)22(28-2)14-18(21)16-24-9-8-23(26,17-24)19-6-4-3-5-7-19/h3-7,14-15,26H,8-13,16-17H2,1-2H3/t23-/m0/s1. The van der Waals surface area contributed by atoms with E-state index in [0.717, 1.165) is 67.6 Å². The minimum Gasteiger partial charge on any atom is -0.496 e.